The lowest BCUT2D eigenvalue weighted by atomic mass is 10.0. The molecule has 32 heavy (non-hydrogen) atoms. The molecule has 1 aliphatic heterocycles. The van der Waals surface area contributed by atoms with Gasteiger partial charge in [-0.2, -0.15) is 5.26 Å². The van der Waals surface area contributed by atoms with Gasteiger partial charge in [0.1, 0.15) is 17.5 Å². The van der Waals surface area contributed by atoms with E-state index in [4.69, 9.17) is 0 Å². The van der Waals surface area contributed by atoms with Gasteiger partial charge in [-0.05, 0) is 24.1 Å². The number of aliphatic imine (C=N–C) groups is 1. The predicted molar refractivity (Wildman–Crippen MR) is 122 cm³/mol. The quantitative estimate of drug-likeness (QED) is 0.497. The molecule has 1 heterocycles. The zero-order valence-corrected chi connectivity index (χ0v) is 17.4. The highest BCUT2D eigenvalue weighted by molar-refractivity contribution is 6.20. The van der Waals surface area contributed by atoms with Gasteiger partial charge < -0.3 is 10.6 Å². The highest BCUT2D eigenvalue weighted by atomic mass is 16.2. The summed E-state index contributed by atoms with van der Waals surface area (Å²) >= 11 is 0. The zero-order chi connectivity index (χ0) is 22.5. The van der Waals surface area contributed by atoms with Gasteiger partial charge in [0, 0.05) is 23.2 Å². The van der Waals surface area contributed by atoms with Crippen LogP contribution in [0.1, 0.15) is 32.6 Å². The summed E-state index contributed by atoms with van der Waals surface area (Å²) in [4.78, 5) is 30.1. The highest BCUT2D eigenvalue weighted by Crippen LogP contribution is 2.30. The van der Waals surface area contributed by atoms with Gasteiger partial charge in [0.25, 0.3) is 11.8 Å². The third-order valence-corrected chi connectivity index (χ3v) is 5.15. The first-order valence-electron chi connectivity index (χ1n) is 10.1. The summed E-state index contributed by atoms with van der Waals surface area (Å²) < 4.78 is 0. The van der Waals surface area contributed by atoms with Gasteiger partial charge >= 0.3 is 0 Å². The fourth-order valence-electron chi connectivity index (χ4n) is 3.49. The normalized spacial score (nSPS) is 13.4. The van der Waals surface area contributed by atoms with E-state index >= 15 is 0 Å². The zero-order valence-electron chi connectivity index (χ0n) is 17.4. The van der Waals surface area contributed by atoms with Crippen molar-refractivity contribution in [3.05, 3.63) is 112 Å². The molecule has 0 spiro atoms. The number of carbonyl (C=O) groups is 2. The summed E-state index contributed by atoms with van der Waals surface area (Å²) in [5.41, 5.74) is 3.72. The molecule has 0 bridgehead atoms. The molecule has 2 amide bonds. The monoisotopic (exact) mass is 420 g/mol. The number of hydrogen-bond acceptors (Lipinski definition) is 4. The molecular weight excluding hydrogens is 400 g/mol. The van der Waals surface area contributed by atoms with Crippen molar-refractivity contribution in [1.29, 1.82) is 5.26 Å². The van der Waals surface area contributed by atoms with Gasteiger partial charge in [-0.25, -0.2) is 4.99 Å². The van der Waals surface area contributed by atoms with Crippen molar-refractivity contribution in [1.82, 2.24) is 10.6 Å². The third kappa shape index (κ3) is 4.18. The van der Waals surface area contributed by atoms with Gasteiger partial charge in [-0.1, -0.05) is 72.8 Å². The van der Waals surface area contributed by atoms with Crippen molar-refractivity contribution in [2.45, 2.75) is 13.5 Å². The van der Waals surface area contributed by atoms with Crippen molar-refractivity contribution in [2.24, 2.45) is 4.99 Å². The average Bonchev–Trinajstić information content (AvgIpc) is 3.17. The Morgan fingerprint density at radius 2 is 1.56 bits per heavy atom. The smallest absolute Gasteiger partial charge is 0.264 e. The molecule has 6 nitrogen and oxygen atoms in total. The molecule has 0 fully saturated rings. The van der Waals surface area contributed by atoms with Crippen LogP contribution in [0.5, 0.6) is 0 Å². The molecule has 0 saturated carbocycles. The van der Waals surface area contributed by atoms with Gasteiger partial charge in [-0.15, -0.1) is 0 Å². The van der Waals surface area contributed by atoms with Gasteiger partial charge in [0.2, 0.25) is 0 Å². The molecule has 0 saturated heterocycles. The Bertz CT molecular complexity index is 1300. The maximum atomic E-state index is 12.8. The number of nitrogens with zero attached hydrogens (tertiary/aromatic N) is 2. The summed E-state index contributed by atoms with van der Waals surface area (Å²) in [5, 5.41) is 15.3. The first kappa shape index (κ1) is 20.8. The minimum Gasteiger partial charge on any atom is -0.347 e. The average molecular weight is 420 g/mol. The number of rotatable bonds is 4. The van der Waals surface area contributed by atoms with Crippen molar-refractivity contribution >= 4 is 23.3 Å². The van der Waals surface area contributed by atoms with Crippen LogP contribution >= 0.6 is 0 Å². The van der Waals surface area contributed by atoms with Gasteiger partial charge in [0.15, 0.2) is 0 Å². The molecular formula is C26H20N4O2. The lowest BCUT2D eigenvalue weighted by Gasteiger charge is -2.08. The Morgan fingerprint density at radius 3 is 2.28 bits per heavy atom. The molecule has 0 aromatic heterocycles. The summed E-state index contributed by atoms with van der Waals surface area (Å²) in [6.45, 7) is 2.15. The second-order valence-electron chi connectivity index (χ2n) is 7.28. The fraction of sp³-hybridized carbons (Fsp3) is 0.0769. The van der Waals surface area contributed by atoms with Crippen LogP contribution in [0.15, 0.2) is 89.4 Å². The lowest BCUT2D eigenvalue weighted by Crippen LogP contribution is -2.30. The minimum atomic E-state index is -0.517. The Morgan fingerprint density at radius 1 is 0.906 bits per heavy atom. The molecule has 2 N–H and O–H groups in total. The van der Waals surface area contributed by atoms with Crippen molar-refractivity contribution in [2.75, 3.05) is 0 Å². The highest BCUT2D eigenvalue weighted by Gasteiger charge is 2.27. The van der Waals surface area contributed by atoms with Crippen molar-refractivity contribution in [3.63, 3.8) is 0 Å². The van der Waals surface area contributed by atoms with Crippen LogP contribution < -0.4 is 10.6 Å². The van der Waals surface area contributed by atoms with E-state index in [-0.39, 0.29) is 17.2 Å². The van der Waals surface area contributed by atoms with E-state index in [9.17, 15) is 14.9 Å². The molecule has 0 atom stereocenters. The number of nitriles is 1. The summed E-state index contributed by atoms with van der Waals surface area (Å²) in [5.74, 6) is -0.506. The second-order valence-corrected chi connectivity index (χ2v) is 7.28. The number of carbonyl (C=O) groups excluding carboxylic acids is 2. The maximum Gasteiger partial charge on any atom is 0.264 e. The topological polar surface area (TPSA) is 94.3 Å². The fourth-order valence-corrected chi connectivity index (χ4v) is 3.49. The van der Waals surface area contributed by atoms with Gasteiger partial charge in [-0.3, -0.25) is 9.59 Å². The molecule has 0 aliphatic carbocycles. The first-order valence-corrected chi connectivity index (χ1v) is 10.1. The van der Waals surface area contributed by atoms with E-state index in [2.05, 4.69) is 15.6 Å². The minimum absolute atomic E-state index is 0.103. The summed E-state index contributed by atoms with van der Waals surface area (Å²) in [7, 11) is 0. The Kier molecular flexibility index (Phi) is 5.91. The van der Waals surface area contributed by atoms with E-state index in [1.807, 2.05) is 61.5 Å². The van der Waals surface area contributed by atoms with Crippen molar-refractivity contribution in [3.8, 4) is 6.07 Å². The molecule has 6 heteroatoms. The molecule has 0 radical (unpaired) electrons. The van der Waals surface area contributed by atoms with Crippen LogP contribution in [0.25, 0.3) is 5.70 Å². The standard InChI is InChI=1S/C26H20N4O2/c1-17-9-5-6-12-19(17)26(32)30-24-21-14-8-7-13-20(21)23(29-24)22(15-27)25(31)28-16-18-10-3-2-4-11-18/h2-14H,16H2,1H3,(H,28,31)(H,29,30,32). The Hall–Kier alpha value is -4.50. The van der Waals surface area contributed by atoms with Crippen LogP contribution in [0.2, 0.25) is 0 Å². The van der Waals surface area contributed by atoms with Crippen molar-refractivity contribution < 1.29 is 9.59 Å². The van der Waals surface area contributed by atoms with Crippen LogP contribution in [-0.2, 0) is 11.3 Å². The van der Waals surface area contributed by atoms with Gasteiger partial charge in [0.05, 0.1) is 5.70 Å². The van der Waals surface area contributed by atoms with E-state index in [1.165, 1.54) is 0 Å². The summed E-state index contributed by atoms with van der Waals surface area (Å²) in [6, 6.07) is 25.9. The van der Waals surface area contributed by atoms with E-state index in [1.54, 1.807) is 30.3 Å². The molecule has 3 aromatic carbocycles. The number of nitrogens with one attached hydrogen (secondary N) is 2. The molecule has 0 unspecified atom stereocenters. The van der Waals surface area contributed by atoms with Crippen LogP contribution in [0.4, 0.5) is 0 Å². The lowest BCUT2D eigenvalue weighted by molar-refractivity contribution is -0.117. The number of aryl methyl sites for hydroxylation is 1. The number of benzene rings is 3. The third-order valence-electron chi connectivity index (χ3n) is 5.15. The number of amides is 2. The second kappa shape index (κ2) is 9.11. The molecule has 4 rings (SSSR count). The van der Waals surface area contributed by atoms with E-state index in [0.717, 1.165) is 11.1 Å². The Labute approximate surface area is 185 Å². The number of amidine groups is 1. The number of hydrogen-bond donors (Lipinski definition) is 2. The summed E-state index contributed by atoms with van der Waals surface area (Å²) in [6.07, 6.45) is 0. The number of fused-ring (bicyclic) bond motifs is 1. The first-order chi connectivity index (χ1) is 15.6. The van der Waals surface area contributed by atoms with Crippen LogP contribution in [0.3, 0.4) is 0 Å². The molecule has 156 valence electrons. The predicted octanol–water partition coefficient (Wildman–Crippen LogP) is 3.74. The molecule has 1 aliphatic rings. The van der Waals surface area contributed by atoms with E-state index < -0.39 is 5.91 Å². The van der Waals surface area contributed by atoms with Crippen LogP contribution in [-0.4, -0.2) is 17.6 Å². The Balaban J connectivity index is 1.65. The SMILES string of the molecule is Cc1ccccc1C(=O)NC1=NC(=C(C#N)C(=O)NCc2ccccc2)c2ccccc21. The largest absolute Gasteiger partial charge is 0.347 e. The maximum absolute atomic E-state index is 12.8. The van der Waals surface area contributed by atoms with E-state index in [0.29, 0.717) is 29.1 Å². The molecule has 3 aromatic rings. The van der Waals surface area contributed by atoms with Crippen LogP contribution in [0, 0.1) is 18.3 Å².